The summed E-state index contributed by atoms with van der Waals surface area (Å²) in [6.45, 7) is 2.11. The number of nitrogens with zero attached hydrogens (tertiary/aromatic N) is 2. The summed E-state index contributed by atoms with van der Waals surface area (Å²) in [4.78, 5) is 20.4. The molecule has 0 atom stereocenters. The fraction of sp³-hybridized carbons (Fsp3) is 0.250. The number of nitro benzene ring substituents is 2. The third kappa shape index (κ3) is 6.12. The van der Waals surface area contributed by atoms with Crippen molar-refractivity contribution in [2.45, 2.75) is 39.0 Å². The molecule has 0 aliphatic rings. The zero-order chi connectivity index (χ0) is 24.7. The Morgan fingerprint density at radius 1 is 0.735 bits per heavy atom. The van der Waals surface area contributed by atoms with Crippen molar-refractivity contribution in [1.82, 2.24) is 0 Å². The van der Waals surface area contributed by atoms with E-state index in [1.54, 1.807) is 18.2 Å². The smallest absolute Gasteiger partial charge is 0.310 e. The number of ether oxygens (including phenoxy) is 2. The normalized spacial score (nSPS) is 10.6. The molecule has 0 saturated carbocycles. The molecule has 0 heterocycles. The lowest BCUT2D eigenvalue weighted by molar-refractivity contribution is -0.386. The quantitative estimate of drug-likeness (QED) is 0.181. The van der Waals surface area contributed by atoms with Gasteiger partial charge in [0, 0.05) is 24.3 Å². The summed E-state index contributed by atoms with van der Waals surface area (Å²) < 4.78 is 11.7. The van der Waals surface area contributed by atoms with Gasteiger partial charge in [0.2, 0.25) is 0 Å². The molecule has 0 fully saturated rings. The van der Waals surface area contributed by atoms with Gasteiger partial charge in [0.25, 0.3) is 0 Å². The summed E-state index contributed by atoms with van der Waals surface area (Å²) in [5, 5.41) is 41.5. The highest BCUT2D eigenvalue weighted by atomic mass is 16.6. The maximum atomic E-state index is 10.9. The van der Waals surface area contributed by atoms with Crippen molar-refractivity contribution in [2.24, 2.45) is 0 Å². The third-order valence-electron chi connectivity index (χ3n) is 5.08. The minimum absolute atomic E-state index is 0.231. The van der Waals surface area contributed by atoms with Gasteiger partial charge in [0.15, 0.2) is 11.5 Å². The zero-order valence-electron chi connectivity index (χ0n) is 18.5. The van der Waals surface area contributed by atoms with Crippen molar-refractivity contribution >= 4 is 11.4 Å². The van der Waals surface area contributed by atoms with E-state index in [2.05, 4.69) is 6.92 Å². The molecule has 3 aromatic rings. The van der Waals surface area contributed by atoms with E-state index >= 15 is 0 Å². The molecule has 10 heteroatoms. The number of unbranched alkanes of at least 4 members (excludes halogenated alkanes) is 3. The molecule has 3 rings (SSSR count). The molecule has 0 unspecified atom stereocenters. The van der Waals surface area contributed by atoms with Crippen molar-refractivity contribution < 1.29 is 29.5 Å². The van der Waals surface area contributed by atoms with Gasteiger partial charge in [0.1, 0.15) is 23.0 Å². The minimum atomic E-state index is -0.685. The van der Waals surface area contributed by atoms with Gasteiger partial charge >= 0.3 is 11.4 Å². The van der Waals surface area contributed by atoms with Gasteiger partial charge < -0.3 is 19.7 Å². The summed E-state index contributed by atoms with van der Waals surface area (Å²) >= 11 is 0. The predicted molar refractivity (Wildman–Crippen MR) is 124 cm³/mol. The van der Waals surface area contributed by atoms with E-state index in [4.69, 9.17) is 9.47 Å². The van der Waals surface area contributed by atoms with E-state index in [0.29, 0.717) is 17.9 Å². The molecule has 3 aromatic carbocycles. The predicted octanol–water partition coefficient (Wildman–Crippen LogP) is 6.62. The minimum Gasteiger partial charge on any atom is -0.502 e. The number of benzene rings is 3. The first-order valence-electron chi connectivity index (χ1n) is 10.7. The number of hydrogen-bond donors (Lipinski definition) is 2. The standard InChI is InChI=1S/C24H24N2O8/c1-2-3-4-5-6-16-13-17(33-18-7-10-20(25(29)30)22(27)14-18)9-12-24(16)34-19-8-11-21(26(31)32)23(28)15-19/h7-15,27-28H,2-6H2,1H3. The molecule has 0 aliphatic heterocycles. The molecule has 0 radical (unpaired) electrons. The first kappa shape index (κ1) is 24.3. The Hall–Kier alpha value is -4.34. The van der Waals surface area contributed by atoms with E-state index in [9.17, 15) is 30.4 Å². The fourth-order valence-corrected chi connectivity index (χ4v) is 3.36. The Morgan fingerprint density at radius 2 is 1.26 bits per heavy atom. The van der Waals surface area contributed by atoms with Gasteiger partial charge in [0.05, 0.1) is 9.85 Å². The van der Waals surface area contributed by atoms with Crippen LogP contribution in [0.3, 0.4) is 0 Å². The van der Waals surface area contributed by atoms with Gasteiger partial charge in [-0.2, -0.15) is 0 Å². The zero-order valence-corrected chi connectivity index (χ0v) is 18.5. The molecule has 0 saturated heterocycles. The van der Waals surface area contributed by atoms with Gasteiger partial charge in [-0.1, -0.05) is 26.2 Å². The number of hydrogen-bond acceptors (Lipinski definition) is 8. The summed E-state index contributed by atoms with van der Waals surface area (Å²) in [6.07, 6.45) is 4.77. The second-order valence-electron chi connectivity index (χ2n) is 7.60. The summed E-state index contributed by atoms with van der Waals surface area (Å²) in [5.41, 5.74) is -0.0149. The highest BCUT2D eigenvalue weighted by Gasteiger charge is 2.16. The largest absolute Gasteiger partial charge is 0.502 e. The van der Waals surface area contributed by atoms with E-state index in [1.165, 1.54) is 30.3 Å². The van der Waals surface area contributed by atoms with Crippen LogP contribution in [0.2, 0.25) is 0 Å². The Kier molecular flexibility index (Phi) is 7.86. The third-order valence-corrected chi connectivity index (χ3v) is 5.08. The number of aromatic hydroxyl groups is 2. The number of phenolic OH excluding ortho intramolecular Hbond substituents is 2. The highest BCUT2D eigenvalue weighted by molar-refractivity contribution is 5.53. The van der Waals surface area contributed by atoms with Crippen molar-refractivity contribution in [1.29, 1.82) is 0 Å². The number of aryl methyl sites for hydroxylation is 1. The van der Waals surface area contributed by atoms with Gasteiger partial charge in [-0.15, -0.1) is 0 Å². The number of phenols is 2. The molecule has 0 spiro atoms. The van der Waals surface area contributed by atoms with Crippen molar-refractivity contribution in [3.63, 3.8) is 0 Å². The van der Waals surface area contributed by atoms with Gasteiger partial charge in [-0.3, -0.25) is 20.2 Å². The van der Waals surface area contributed by atoms with E-state index in [-0.39, 0.29) is 11.5 Å². The van der Waals surface area contributed by atoms with Crippen LogP contribution in [0.15, 0.2) is 54.6 Å². The Labute approximate surface area is 195 Å². The second kappa shape index (κ2) is 11.0. The fourth-order valence-electron chi connectivity index (χ4n) is 3.36. The summed E-state index contributed by atoms with van der Waals surface area (Å²) in [5.74, 6) is 0.423. The maximum absolute atomic E-state index is 10.9. The van der Waals surface area contributed by atoms with Crippen LogP contribution in [0.25, 0.3) is 0 Å². The van der Waals surface area contributed by atoms with Crippen LogP contribution >= 0.6 is 0 Å². The Balaban J connectivity index is 1.85. The van der Waals surface area contributed by atoms with Crippen molar-refractivity contribution in [2.75, 3.05) is 0 Å². The van der Waals surface area contributed by atoms with Crippen LogP contribution in [0.5, 0.6) is 34.5 Å². The molecular formula is C24H24N2O8. The average Bonchev–Trinajstić information content (AvgIpc) is 2.78. The average molecular weight is 468 g/mol. The molecule has 178 valence electrons. The van der Waals surface area contributed by atoms with Crippen molar-refractivity contribution in [3.8, 4) is 34.5 Å². The van der Waals surface area contributed by atoms with Crippen LogP contribution in [0.4, 0.5) is 11.4 Å². The van der Waals surface area contributed by atoms with Crippen LogP contribution in [0, 0.1) is 20.2 Å². The van der Waals surface area contributed by atoms with E-state index in [1.807, 2.05) is 0 Å². The van der Waals surface area contributed by atoms with Gasteiger partial charge in [-0.05, 0) is 48.7 Å². The molecule has 10 nitrogen and oxygen atoms in total. The molecule has 0 bridgehead atoms. The Bertz CT molecular complexity index is 1200. The topological polar surface area (TPSA) is 145 Å². The van der Waals surface area contributed by atoms with Crippen molar-refractivity contribution in [3.05, 3.63) is 80.4 Å². The lowest BCUT2D eigenvalue weighted by atomic mass is 10.0. The molecule has 2 N–H and O–H groups in total. The Morgan fingerprint density at radius 3 is 1.79 bits per heavy atom. The SMILES string of the molecule is CCCCCCc1cc(Oc2ccc([N+](=O)[O-])c(O)c2)ccc1Oc1ccc([N+](=O)[O-])c(O)c1. The maximum Gasteiger partial charge on any atom is 0.310 e. The summed E-state index contributed by atoms with van der Waals surface area (Å²) in [7, 11) is 0. The lowest BCUT2D eigenvalue weighted by Crippen LogP contribution is -1.96. The van der Waals surface area contributed by atoms with Crippen LogP contribution in [-0.4, -0.2) is 20.1 Å². The molecule has 0 aliphatic carbocycles. The second-order valence-corrected chi connectivity index (χ2v) is 7.60. The van der Waals surface area contributed by atoms with Crippen LogP contribution in [0.1, 0.15) is 38.2 Å². The highest BCUT2D eigenvalue weighted by Crippen LogP contribution is 2.37. The van der Waals surface area contributed by atoms with Crippen LogP contribution < -0.4 is 9.47 Å². The van der Waals surface area contributed by atoms with E-state index < -0.39 is 32.7 Å². The van der Waals surface area contributed by atoms with Crippen LogP contribution in [-0.2, 0) is 6.42 Å². The first-order valence-corrected chi connectivity index (χ1v) is 10.7. The monoisotopic (exact) mass is 468 g/mol. The lowest BCUT2D eigenvalue weighted by Gasteiger charge is -2.14. The first-order chi connectivity index (χ1) is 16.3. The molecule has 34 heavy (non-hydrogen) atoms. The number of nitro groups is 2. The van der Waals surface area contributed by atoms with E-state index in [0.717, 1.165) is 37.3 Å². The number of rotatable bonds is 11. The van der Waals surface area contributed by atoms with Gasteiger partial charge in [-0.25, -0.2) is 0 Å². The molecular weight excluding hydrogens is 444 g/mol. The molecule has 0 aromatic heterocycles. The summed E-state index contributed by atoms with van der Waals surface area (Å²) in [6, 6.07) is 12.6. The molecule has 0 amide bonds.